The van der Waals surface area contributed by atoms with E-state index in [2.05, 4.69) is 29.4 Å². The summed E-state index contributed by atoms with van der Waals surface area (Å²) in [6.45, 7) is 6.37. The van der Waals surface area contributed by atoms with Crippen molar-refractivity contribution in [1.82, 2.24) is 20.2 Å². The van der Waals surface area contributed by atoms with Gasteiger partial charge in [0.05, 0.1) is 11.6 Å². The number of halogens is 1. The standard InChI is InChI=1S/C14H20FN5/c1-4-9(2)7-10(3)20-14(17-18-19-20)12-8-11(16)5-6-13(12)15/h5-6,8-10H,4,7,16H2,1-3H3. The molecular formula is C14H20FN5. The van der Waals surface area contributed by atoms with Crippen molar-refractivity contribution >= 4 is 5.69 Å². The monoisotopic (exact) mass is 277 g/mol. The van der Waals surface area contributed by atoms with Gasteiger partial charge in [0.25, 0.3) is 0 Å². The molecule has 5 nitrogen and oxygen atoms in total. The third kappa shape index (κ3) is 2.95. The first kappa shape index (κ1) is 14.4. The van der Waals surface area contributed by atoms with Crippen LogP contribution in [-0.4, -0.2) is 20.2 Å². The van der Waals surface area contributed by atoms with Gasteiger partial charge in [0, 0.05) is 5.69 Å². The van der Waals surface area contributed by atoms with Crippen molar-refractivity contribution in [2.24, 2.45) is 5.92 Å². The van der Waals surface area contributed by atoms with Crippen LogP contribution in [0, 0.1) is 11.7 Å². The van der Waals surface area contributed by atoms with E-state index in [0.29, 0.717) is 23.0 Å². The van der Waals surface area contributed by atoms with E-state index in [4.69, 9.17) is 5.73 Å². The number of hydrogen-bond donors (Lipinski definition) is 1. The quantitative estimate of drug-likeness (QED) is 0.853. The molecule has 0 aliphatic carbocycles. The summed E-state index contributed by atoms with van der Waals surface area (Å²) in [7, 11) is 0. The van der Waals surface area contributed by atoms with Crippen LogP contribution in [0.25, 0.3) is 11.4 Å². The van der Waals surface area contributed by atoms with Crippen LogP contribution < -0.4 is 5.73 Å². The maximum Gasteiger partial charge on any atom is 0.185 e. The molecule has 2 N–H and O–H groups in total. The molecule has 2 rings (SSSR count). The average molecular weight is 277 g/mol. The molecule has 1 aromatic carbocycles. The van der Waals surface area contributed by atoms with Gasteiger partial charge in [-0.2, -0.15) is 0 Å². The van der Waals surface area contributed by atoms with Crippen LogP contribution in [0.1, 0.15) is 39.7 Å². The van der Waals surface area contributed by atoms with Crippen LogP contribution in [0.2, 0.25) is 0 Å². The summed E-state index contributed by atoms with van der Waals surface area (Å²) < 4.78 is 15.6. The number of tetrazole rings is 1. The van der Waals surface area contributed by atoms with Crippen LogP contribution >= 0.6 is 0 Å². The lowest BCUT2D eigenvalue weighted by molar-refractivity contribution is 0.371. The topological polar surface area (TPSA) is 69.6 Å². The van der Waals surface area contributed by atoms with Crippen LogP contribution in [-0.2, 0) is 0 Å². The summed E-state index contributed by atoms with van der Waals surface area (Å²) in [5.41, 5.74) is 6.55. The van der Waals surface area contributed by atoms with E-state index in [9.17, 15) is 4.39 Å². The fraction of sp³-hybridized carbons (Fsp3) is 0.500. The highest BCUT2D eigenvalue weighted by atomic mass is 19.1. The smallest absolute Gasteiger partial charge is 0.185 e. The number of rotatable bonds is 5. The molecule has 0 bridgehead atoms. The van der Waals surface area contributed by atoms with E-state index in [0.717, 1.165) is 12.8 Å². The summed E-state index contributed by atoms with van der Waals surface area (Å²) in [4.78, 5) is 0. The van der Waals surface area contributed by atoms with E-state index < -0.39 is 0 Å². The highest BCUT2D eigenvalue weighted by Gasteiger charge is 2.19. The van der Waals surface area contributed by atoms with Gasteiger partial charge in [-0.15, -0.1) is 5.10 Å². The van der Waals surface area contributed by atoms with Gasteiger partial charge in [-0.1, -0.05) is 20.3 Å². The number of anilines is 1. The SMILES string of the molecule is CCC(C)CC(C)n1nnnc1-c1cc(N)ccc1F. The Morgan fingerprint density at radius 3 is 2.80 bits per heavy atom. The third-order valence-corrected chi connectivity index (χ3v) is 3.58. The van der Waals surface area contributed by atoms with Crippen molar-refractivity contribution in [1.29, 1.82) is 0 Å². The summed E-state index contributed by atoms with van der Waals surface area (Å²) >= 11 is 0. The van der Waals surface area contributed by atoms with E-state index in [-0.39, 0.29) is 11.9 Å². The van der Waals surface area contributed by atoms with Crippen LogP contribution in [0.15, 0.2) is 18.2 Å². The lowest BCUT2D eigenvalue weighted by Crippen LogP contribution is -2.12. The Bertz CT molecular complexity index is 581. The van der Waals surface area contributed by atoms with Gasteiger partial charge in [0.2, 0.25) is 0 Å². The maximum atomic E-state index is 13.9. The maximum absolute atomic E-state index is 13.9. The Balaban J connectivity index is 2.35. The second-order valence-corrected chi connectivity index (χ2v) is 5.28. The Morgan fingerprint density at radius 1 is 1.35 bits per heavy atom. The summed E-state index contributed by atoms with van der Waals surface area (Å²) in [6.07, 6.45) is 2.03. The van der Waals surface area contributed by atoms with Crippen LogP contribution in [0.4, 0.5) is 10.1 Å². The summed E-state index contributed by atoms with van der Waals surface area (Å²) in [6, 6.07) is 4.53. The summed E-state index contributed by atoms with van der Waals surface area (Å²) in [5, 5.41) is 11.6. The zero-order valence-electron chi connectivity index (χ0n) is 12.0. The number of nitrogens with zero attached hydrogens (tertiary/aromatic N) is 4. The molecule has 0 saturated heterocycles. The highest BCUT2D eigenvalue weighted by molar-refractivity contribution is 5.61. The minimum Gasteiger partial charge on any atom is -0.399 e. The van der Waals surface area contributed by atoms with Crippen molar-refractivity contribution in [2.75, 3.05) is 5.73 Å². The molecule has 2 aromatic rings. The molecule has 20 heavy (non-hydrogen) atoms. The molecule has 2 atom stereocenters. The van der Waals surface area contributed by atoms with Crippen LogP contribution in [0.5, 0.6) is 0 Å². The second-order valence-electron chi connectivity index (χ2n) is 5.28. The molecule has 0 radical (unpaired) electrons. The molecule has 2 unspecified atom stereocenters. The van der Waals surface area contributed by atoms with Gasteiger partial charge in [-0.05, 0) is 47.9 Å². The van der Waals surface area contributed by atoms with E-state index in [1.807, 2.05) is 6.92 Å². The average Bonchev–Trinajstić information content (AvgIpc) is 2.90. The van der Waals surface area contributed by atoms with Crippen molar-refractivity contribution < 1.29 is 4.39 Å². The summed E-state index contributed by atoms with van der Waals surface area (Å²) in [5.74, 6) is 0.615. The first-order valence-electron chi connectivity index (χ1n) is 6.86. The van der Waals surface area contributed by atoms with E-state index in [1.54, 1.807) is 10.7 Å². The van der Waals surface area contributed by atoms with Gasteiger partial charge >= 0.3 is 0 Å². The fourth-order valence-corrected chi connectivity index (χ4v) is 2.23. The van der Waals surface area contributed by atoms with E-state index in [1.165, 1.54) is 12.1 Å². The van der Waals surface area contributed by atoms with Gasteiger partial charge in [0.15, 0.2) is 5.82 Å². The zero-order chi connectivity index (χ0) is 14.7. The number of hydrogen-bond acceptors (Lipinski definition) is 4. The van der Waals surface area contributed by atoms with E-state index >= 15 is 0 Å². The van der Waals surface area contributed by atoms with Crippen LogP contribution in [0.3, 0.4) is 0 Å². The predicted molar refractivity (Wildman–Crippen MR) is 76.4 cm³/mol. The van der Waals surface area contributed by atoms with Gasteiger partial charge in [0.1, 0.15) is 5.82 Å². The number of nitrogen functional groups attached to an aromatic ring is 1. The number of nitrogens with two attached hydrogens (primary N) is 1. The molecule has 0 aliphatic rings. The third-order valence-electron chi connectivity index (χ3n) is 3.58. The largest absolute Gasteiger partial charge is 0.399 e. The van der Waals surface area contributed by atoms with Crippen molar-refractivity contribution in [3.8, 4) is 11.4 Å². The Morgan fingerprint density at radius 2 is 2.10 bits per heavy atom. The number of benzene rings is 1. The van der Waals surface area contributed by atoms with Gasteiger partial charge in [-0.3, -0.25) is 0 Å². The molecular weight excluding hydrogens is 257 g/mol. The second kappa shape index (κ2) is 5.98. The van der Waals surface area contributed by atoms with Crippen molar-refractivity contribution in [2.45, 2.75) is 39.7 Å². The lowest BCUT2D eigenvalue weighted by atomic mass is 10.0. The molecule has 6 heteroatoms. The molecule has 0 aliphatic heterocycles. The normalized spacial score (nSPS) is 14.2. The molecule has 108 valence electrons. The first-order chi connectivity index (χ1) is 9.52. The molecule has 0 saturated carbocycles. The molecule has 1 aromatic heterocycles. The molecule has 0 fully saturated rings. The Labute approximate surface area is 118 Å². The molecule has 0 spiro atoms. The van der Waals surface area contributed by atoms with Gasteiger partial charge < -0.3 is 5.73 Å². The number of aromatic nitrogens is 4. The fourth-order valence-electron chi connectivity index (χ4n) is 2.23. The first-order valence-corrected chi connectivity index (χ1v) is 6.86. The van der Waals surface area contributed by atoms with Crippen molar-refractivity contribution in [3.05, 3.63) is 24.0 Å². The minimum atomic E-state index is -0.369. The predicted octanol–water partition coefficient (Wildman–Crippen LogP) is 3.06. The lowest BCUT2D eigenvalue weighted by Gasteiger charge is -2.17. The van der Waals surface area contributed by atoms with Crippen molar-refractivity contribution in [3.63, 3.8) is 0 Å². The molecule has 1 heterocycles. The Hall–Kier alpha value is -1.98. The molecule has 0 amide bonds. The Kier molecular flexibility index (Phi) is 4.32. The highest BCUT2D eigenvalue weighted by Crippen LogP contribution is 2.27. The minimum absolute atomic E-state index is 0.107. The van der Waals surface area contributed by atoms with Gasteiger partial charge in [-0.25, -0.2) is 9.07 Å². The zero-order valence-corrected chi connectivity index (χ0v) is 12.0.